The first-order valence-corrected chi connectivity index (χ1v) is 13.2. The molecule has 0 radical (unpaired) electrons. The standard InChI is InChI=1S/C28H21NO7S/c30-26-22-15-20(29-37(32,33)13-12-18-6-3-5-17-4-1-2-7-21(17)18)9-11-23(22)36-28(27(26)31)19-8-10-24-25(14-19)35-16-34-24/h1-11,14-15,29,31H,12-13,16H2. The second-order valence-electron chi connectivity index (χ2n) is 8.70. The summed E-state index contributed by atoms with van der Waals surface area (Å²) in [7, 11) is -3.72. The Morgan fingerprint density at radius 1 is 0.865 bits per heavy atom. The van der Waals surface area contributed by atoms with Crippen LogP contribution in [0.3, 0.4) is 0 Å². The second kappa shape index (κ2) is 8.86. The van der Waals surface area contributed by atoms with Crippen LogP contribution in [0.1, 0.15) is 5.56 Å². The van der Waals surface area contributed by atoms with Crippen molar-refractivity contribution < 1.29 is 27.4 Å². The molecular formula is C28H21NO7S. The summed E-state index contributed by atoms with van der Waals surface area (Å²) in [5.41, 5.74) is 1.11. The van der Waals surface area contributed by atoms with Crippen molar-refractivity contribution in [3.05, 3.63) is 94.6 Å². The maximum Gasteiger partial charge on any atom is 0.235 e. The highest BCUT2D eigenvalue weighted by Gasteiger charge is 2.20. The molecule has 0 saturated carbocycles. The Balaban J connectivity index is 1.26. The van der Waals surface area contributed by atoms with E-state index in [1.165, 1.54) is 18.2 Å². The first kappa shape index (κ1) is 22.9. The van der Waals surface area contributed by atoms with E-state index in [1.54, 1.807) is 18.2 Å². The molecule has 8 nitrogen and oxygen atoms in total. The minimum Gasteiger partial charge on any atom is -0.502 e. The number of hydrogen-bond donors (Lipinski definition) is 2. The Labute approximate surface area is 211 Å². The van der Waals surface area contributed by atoms with E-state index in [9.17, 15) is 18.3 Å². The van der Waals surface area contributed by atoms with Crippen LogP contribution in [-0.2, 0) is 16.4 Å². The highest BCUT2D eigenvalue weighted by Crippen LogP contribution is 2.38. The third kappa shape index (κ3) is 4.34. The van der Waals surface area contributed by atoms with Gasteiger partial charge >= 0.3 is 0 Å². The van der Waals surface area contributed by atoms with E-state index in [2.05, 4.69) is 4.72 Å². The summed E-state index contributed by atoms with van der Waals surface area (Å²) in [5.74, 6) is 0.306. The molecule has 4 aromatic carbocycles. The lowest BCUT2D eigenvalue weighted by atomic mass is 10.0. The maximum absolute atomic E-state index is 13.0. The molecule has 186 valence electrons. The first-order chi connectivity index (χ1) is 17.9. The number of benzene rings is 4. The van der Waals surface area contributed by atoms with Crippen molar-refractivity contribution in [1.29, 1.82) is 0 Å². The van der Waals surface area contributed by atoms with Crippen molar-refractivity contribution in [3.63, 3.8) is 0 Å². The van der Waals surface area contributed by atoms with Gasteiger partial charge in [-0.15, -0.1) is 0 Å². The predicted octanol–water partition coefficient (Wildman–Crippen LogP) is 5.03. The SMILES string of the molecule is O=c1c(O)c(-c2ccc3c(c2)OCO3)oc2ccc(NS(=O)(=O)CCc3cccc4ccccc34)cc12. The molecular weight excluding hydrogens is 494 g/mol. The van der Waals surface area contributed by atoms with Crippen molar-refractivity contribution in [1.82, 2.24) is 0 Å². The second-order valence-corrected chi connectivity index (χ2v) is 10.5. The summed E-state index contributed by atoms with van der Waals surface area (Å²) in [6, 6.07) is 22.9. The molecule has 0 atom stereocenters. The monoisotopic (exact) mass is 515 g/mol. The van der Waals surface area contributed by atoms with Crippen molar-refractivity contribution >= 4 is 37.5 Å². The number of rotatable bonds is 6. The smallest absolute Gasteiger partial charge is 0.235 e. The predicted molar refractivity (Wildman–Crippen MR) is 141 cm³/mol. The molecule has 0 amide bonds. The Bertz CT molecular complexity index is 1840. The lowest BCUT2D eigenvalue weighted by Crippen LogP contribution is -2.18. The van der Waals surface area contributed by atoms with E-state index in [1.807, 2.05) is 42.5 Å². The molecule has 2 N–H and O–H groups in total. The fourth-order valence-corrected chi connectivity index (χ4v) is 5.54. The summed E-state index contributed by atoms with van der Waals surface area (Å²) in [5, 5.41) is 12.7. The number of aromatic hydroxyl groups is 1. The summed E-state index contributed by atoms with van der Waals surface area (Å²) in [6.45, 7) is 0.0903. The molecule has 0 bridgehead atoms. The van der Waals surface area contributed by atoms with Gasteiger partial charge in [0.1, 0.15) is 5.58 Å². The number of hydrogen-bond acceptors (Lipinski definition) is 7. The van der Waals surface area contributed by atoms with Gasteiger partial charge in [-0.25, -0.2) is 8.42 Å². The average molecular weight is 516 g/mol. The number of aryl methyl sites for hydroxylation is 1. The Hall–Kier alpha value is -4.50. The van der Waals surface area contributed by atoms with Gasteiger partial charge in [0.15, 0.2) is 17.3 Å². The Kier molecular flexibility index (Phi) is 5.49. The van der Waals surface area contributed by atoms with E-state index in [-0.39, 0.29) is 35.0 Å². The first-order valence-electron chi connectivity index (χ1n) is 11.5. The van der Waals surface area contributed by atoms with Crippen molar-refractivity contribution in [2.75, 3.05) is 17.3 Å². The fourth-order valence-electron chi connectivity index (χ4n) is 4.47. The molecule has 5 aromatic rings. The third-order valence-corrected chi connectivity index (χ3v) is 7.58. The molecule has 1 aliphatic heterocycles. The molecule has 0 saturated heterocycles. The number of nitrogens with one attached hydrogen (secondary N) is 1. The molecule has 0 aliphatic carbocycles. The van der Waals surface area contributed by atoms with Crippen LogP contribution in [0.5, 0.6) is 17.2 Å². The van der Waals surface area contributed by atoms with E-state index >= 15 is 0 Å². The van der Waals surface area contributed by atoms with Crippen LogP contribution < -0.4 is 19.6 Å². The number of anilines is 1. The maximum atomic E-state index is 13.0. The van der Waals surface area contributed by atoms with Crippen molar-refractivity contribution in [3.8, 4) is 28.6 Å². The van der Waals surface area contributed by atoms with Gasteiger partial charge in [0.05, 0.1) is 11.1 Å². The zero-order valence-electron chi connectivity index (χ0n) is 19.4. The minimum absolute atomic E-state index is 0.0146. The zero-order chi connectivity index (χ0) is 25.6. The molecule has 0 fully saturated rings. The van der Waals surface area contributed by atoms with Crippen molar-refractivity contribution in [2.24, 2.45) is 0 Å². The van der Waals surface area contributed by atoms with Gasteiger partial charge in [-0.1, -0.05) is 42.5 Å². The molecule has 0 unspecified atom stereocenters. The van der Waals surface area contributed by atoms with Gasteiger partial charge in [-0.2, -0.15) is 0 Å². The normalized spacial score (nSPS) is 12.8. The van der Waals surface area contributed by atoms with Gasteiger partial charge in [-0.3, -0.25) is 9.52 Å². The van der Waals surface area contributed by atoms with E-state index in [0.717, 1.165) is 16.3 Å². The van der Waals surface area contributed by atoms with Crippen LogP contribution in [0.2, 0.25) is 0 Å². The summed E-state index contributed by atoms with van der Waals surface area (Å²) >= 11 is 0. The van der Waals surface area contributed by atoms with Crippen LogP contribution in [0.15, 0.2) is 88.1 Å². The summed E-state index contributed by atoms with van der Waals surface area (Å²) in [4.78, 5) is 13.0. The molecule has 2 heterocycles. The lowest BCUT2D eigenvalue weighted by molar-refractivity contribution is 0.174. The highest BCUT2D eigenvalue weighted by molar-refractivity contribution is 7.92. The highest BCUT2D eigenvalue weighted by atomic mass is 32.2. The summed E-state index contributed by atoms with van der Waals surface area (Å²) in [6.07, 6.45) is 0.325. The average Bonchev–Trinajstić information content (AvgIpc) is 3.38. The molecule has 6 rings (SSSR count). The third-order valence-electron chi connectivity index (χ3n) is 6.29. The Morgan fingerprint density at radius 2 is 1.68 bits per heavy atom. The van der Waals surface area contributed by atoms with Gasteiger partial charge in [-0.05, 0) is 59.2 Å². The largest absolute Gasteiger partial charge is 0.502 e. The fraction of sp³-hybridized carbons (Fsp3) is 0.107. The lowest BCUT2D eigenvalue weighted by Gasteiger charge is -2.11. The summed E-state index contributed by atoms with van der Waals surface area (Å²) < 4.78 is 44.7. The van der Waals surface area contributed by atoms with Crippen LogP contribution in [-0.4, -0.2) is 26.1 Å². The van der Waals surface area contributed by atoms with E-state index in [4.69, 9.17) is 13.9 Å². The van der Waals surface area contributed by atoms with Gasteiger partial charge < -0.3 is 19.0 Å². The van der Waals surface area contributed by atoms with Crippen molar-refractivity contribution in [2.45, 2.75) is 6.42 Å². The molecule has 0 spiro atoms. The van der Waals surface area contributed by atoms with Gasteiger partial charge in [0, 0.05) is 11.3 Å². The molecule has 1 aliphatic rings. The van der Waals surface area contributed by atoms with Crippen LogP contribution in [0.25, 0.3) is 33.1 Å². The zero-order valence-corrected chi connectivity index (χ0v) is 20.2. The van der Waals surface area contributed by atoms with E-state index < -0.39 is 21.2 Å². The van der Waals surface area contributed by atoms with Crippen LogP contribution in [0, 0.1) is 0 Å². The number of fused-ring (bicyclic) bond motifs is 3. The topological polar surface area (TPSA) is 115 Å². The number of ether oxygens (including phenoxy) is 2. The molecule has 9 heteroatoms. The van der Waals surface area contributed by atoms with Gasteiger partial charge in [0.2, 0.25) is 28.0 Å². The molecule has 37 heavy (non-hydrogen) atoms. The van der Waals surface area contributed by atoms with Crippen LogP contribution >= 0.6 is 0 Å². The van der Waals surface area contributed by atoms with E-state index in [0.29, 0.717) is 23.5 Å². The quantitative estimate of drug-likeness (QED) is 0.326. The molecule has 1 aromatic heterocycles. The van der Waals surface area contributed by atoms with Gasteiger partial charge in [0.25, 0.3) is 0 Å². The van der Waals surface area contributed by atoms with Crippen LogP contribution in [0.4, 0.5) is 5.69 Å². The Morgan fingerprint density at radius 3 is 2.57 bits per heavy atom. The number of sulfonamides is 1. The minimum atomic E-state index is -3.72.